The minimum Gasteiger partial charge on any atom is -0.337 e. The fourth-order valence-corrected chi connectivity index (χ4v) is 2.81. The lowest BCUT2D eigenvalue weighted by molar-refractivity contribution is 0.628. The third kappa shape index (κ3) is 3.34. The molecule has 2 aromatic heterocycles. The van der Waals surface area contributed by atoms with Crippen molar-refractivity contribution >= 4 is 11.3 Å². The van der Waals surface area contributed by atoms with Gasteiger partial charge in [0.05, 0.1) is 12.2 Å². The van der Waals surface area contributed by atoms with Gasteiger partial charge in [-0.3, -0.25) is 0 Å². The SMILES string of the molecule is Cn1ccnc1CNCc1csc(-c2ccc(F)cc2)n1. The fourth-order valence-electron chi connectivity index (χ4n) is 1.98. The average Bonchev–Trinajstić information content (AvgIpc) is 3.10. The largest absolute Gasteiger partial charge is 0.337 e. The average molecular weight is 302 g/mol. The normalized spacial score (nSPS) is 11.0. The van der Waals surface area contributed by atoms with Gasteiger partial charge in [-0.2, -0.15) is 0 Å². The van der Waals surface area contributed by atoms with Crippen molar-refractivity contribution in [1.29, 1.82) is 0 Å². The molecule has 2 heterocycles. The molecule has 0 aliphatic carbocycles. The highest BCUT2D eigenvalue weighted by Gasteiger charge is 2.05. The number of thiazole rings is 1. The lowest BCUT2D eigenvalue weighted by Gasteiger charge is -2.02. The number of hydrogen-bond acceptors (Lipinski definition) is 4. The van der Waals surface area contributed by atoms with Gasteiger partial charge in [0.1, 0.15) is 16.6 Å². The van der Waals surface area contributed by atoms with Crippen molar-refractivity contribution in [2.24, 2.45) is 7.05 Å². The lowest BCUT2D eigenvalue weighted by atomic mass is 10.2. The molecule has 0 aliphatic heterocycles. The molecular formula is C15H15FN4S. The zero-order valence-corrected chi connectivity index (χ0v) is 12.4. The first-order chi connectivity index (χ1) is 10.2. The van der Waals surface area contributed by atoms with Gasteiger partial charge in [0, 0.05) is 36.9 Å². The molecule has 0 saturated carbocycles. The predicted octanol–water partition coefficient (Wildman–Crippen LogP) is 2.97. The van der Waals surface area contributed by atoms with Crippen LogP contribution in [0.4, 0.5) is 4.39 Å². The Morgan fingerprint density at radius 1 is 1.24 bits per heavy atom. The van der Waals surface area contributed by atoms with Crippen LogP contribution in [-0.4, -0.2) is 14.5 Å². The molecular weight excluding hydrogens is 287 g/mol. The molecule has 0 atom stereocenters. The number of imidazole rings is 1. The van der Waals surface area contributed by atoms with E-state index in [2.05, 4.69) is 15.3 Å². The minimum absolute atomic E-state index is 0.229. The van der Waals surface area contributed by atoms with Crippen LogP contribution in [0.2, 0.25) is 0 Å². The van der Waals surface area contributed by atoms with E-state index in [-0.39, 0.29) is 5.82 Å². The van der Waals surface area contributed by atoms with Gasteiger partial charge in [-0.15, -0.1) is 11.3 Å². The number of aromatic nitrogens is 3. The van der Waals surface area contributed by atoms with Gasteiger partial charge >= 0.3 is 0 Å². The topological polar surface area (TPSA) is 42.7 Å². The van der Waals surface area contributed by atoms with Crippen molar-refractivity contribution in [1.82, 2.24) is 19.9 Å². The van der Waals surface area contributed by atoms with Crippen LogP contribution < -0.4 is 5.32 Å². The fraction of sp³-hybridized carbons (Fsp3) is 0.200. The monoisotopic (exact) mass is 302 g/mol. The van der Waals surface area contributed by atoms with Gasteiger partial charge in [0.2, 0.25) is 0 Å². The van der Waals surface area contributed by atoms with Crippen molar-refractivity contribution in [2.75, 3.05) is 0 Å². The molecule has 1 aromatic carbocycles. The van der Waals surface area contributed by atoms with E-state index in [0.29, 0.717) is 13.1 Å². The molecule has 0 spiro atoms. The van der Waals surface area contributed by atoms with Gasteiger partial charge in [-0.25, -0.2) is 14.4 Å². The van der Waals surface area contributed by atoms with Gasteiger partial charge in [0.25, 0.3) is 0 Å². The van der Waals surface area contributed by atoms with E-state index in [1.54, 1.807) is 29.7 Å². The van der Waals surface area contributed by atoms with Gasteiger partial charge in [0.15, 0.2) is 0 Å². The number of hydrogen-bond donors (Lipinski definition) is 1. The van der Waals surface area contributed by atoms with E-state index in [4.69, 9.17) is 0 Å². The Labute approximate surface area is 126 Å². The molecule has 3 aromatic rings. The smallest absolute Gasteiger partial charge is 0.123 e. The zero-order chi connectivity index (χ0) is 14.7. The summed E-state index contributed by atoms with van der Waals surface area (Å²) in [5.74, 6) is 0.760. The predicted molar refractivity (Wildman–Crippen MR) is 81.3 cm³/mol. The van der Waals surface area contributed by atoms with Gasteiger partial charge in [-0.05, 0) is 24.3 Å². The summed E-state index contributed by atoms with van der Waals surface area (Å²) in [5, 5.41) is 6.24. The summed E-state index contributed by atoms with van der Waals surface area (Å²) in [4.78, 5) is 8.81. The molecule has 0 saturated heterocycles. The van der Waals surface area contributed by atoms with Crippen molar-refractivity contribution in [2.45, 2.75) is 13.1 Å². The van der Waals surface area contributed by atoms with E-state index in [1.165, 1.54) is 12.1 Å². The molecule has 6 heteroatoms. The Balaban J connectivity index is 1.60. The molecule has 0 amide bonds. The summed E-state index contributed by atoms with van der Waals surface area (Å²) in [6, 6.07) is 6.41. The number of rotatable bonds is 5. The maximum atomic E-state index is 12.9. The van der Waals surface area contributed by atoms with Crippen molar-refractivity contribution in [3.8, 4) is 10.6 Å². The summed E-state index contributed by atoms with van der Waals surface area (Å²) < 4.78 is 14.9. The first-order valence-corrected chi connectivity index (χ1v) is 7.47. The molecule has 0 radical (unpaired) electrons. The molecule has 0 bridgehead atoms. The third-order valence-corrected chi connectivity index (χ3v) is 4.09. The standard InChI is InChI=1S/C15H15FN4S/c1-20-7-6-18-14(20)9-17-8-13-10-21-15(19-13)11-2-4-12(16)5-3-11/h2-7,10,17H,8-9H2,1H3. The van der Waals surface area contributed by atoms with Crippen LogP contribution in [-0.2, 0) is 20.1 Å². The van der Waals surface area contributed by atoms with Crippen molar-refractivity contribution < 1.29 is 4.39 Å². The maximum absolute atomic E-state index is 12.9. The number of benzene rings is 1. The molecule has 0 fully saturated rings. The first kappa shape index (κ1) is 13.9. The summed E-state index contributed by atoms with van der Waals surface area (Å²) in [7, 11) is 1.97. The van der Waals surface area contributed by atoms with E-state index in [9.17, 15) is 4.39 Å². The van der Waals surface area contributed by atoms with Crippen LogP contribution in [0, 0.1) is 5.82 Å². The number of aryl methyl sites for hydroxylation is 1. The Bertz CT molecular complexity index is 717. The highest BCUT2D eigenvalue weighted by Crippen LogP contribution is 2.23. The van der Waals surface area contributed by atoms with Crippen LogP contribution >= 0.6 is 11.3 Å². The molecule has 3 rings (SSSR count). The number of halogens is 1. The van der Waals surface area contributed by atoms with E-state index in [1.807, 2.05) is 23.2 Å². The van der Waals surface area contributed by atoms with Crippen molar-refractivity contribution in [3.63, 3.8) is 0 Å². The molecule has 21 heavy (non-hydrogen) atoms. The summed E-state index contributed by atoms with van der Waals surface area (Å²) in [6.07, 6.45) is 3.71. The van der Waals surface area contributed by atoms with E-state index >= 15 is 0 Å². The van der Waals surface area contributed by atoms with E-state index < -0.39 is 0 Å². The van der Waals surface area contributed by atoms with Crippen LogP contribution in [0.3, 0.4) is 0 Å². The lowest BCUT2D eigenvalue weighted by Crippen LogP contribution is -2.15. The van der Waals surface area contributed by atoms with Crippen LogP contribution in [0.15, 0.2) is 42.0 Å². The zero-order valence-electron chi connectivity index (χ0n) is 11.6. The van der Waals surface area contributed by atoms with Crippen molar-refractivity contribution in [3.05, 3.63) is 59.4 Å². The van der Waals surface area contributed by atoms with Gasteiger partial charge in [-0.1, -0.05) is 0 Å². The summed E-state index contributed by atoms with van der Waals surface area (Å²) in [5.41, 5.74) is 1.92. The highest BCUT2D eigenvalue weighted by molar-refractivity contribution is 7.13. The van der Waals surface area contributed by atoms with E-state index in [0.717, 1.165) is 22.1 Å². The third-order valence-electron chi connectivity index (χ3n) is 3.15. The van der Waals surface area contributed by atoms with Crippen LogP contribution in [0.1, 0.15) is 11.5 Å². The molecule has 1 N–H and O–H groups in total. The highest BCUT2D eigenvalue weighted by atomic mass is 32.1. The second kappa shape index (κ2) is 6.15. The molecule has 108 valence electrons. The maximum Gasteiger partial charge on any atom is 0.123 e. The Morgan fingerprint density at radius 2 is 2.05 bits per heavy atom. The number of nitrogens with zero attached hydrogens (tertiary/aromatic N) is 3. The van der Waals surface area contributed by atoms with Crippen LogP contribution in [0.25, 0.3) is 10.6 Å². The second-order valence-corrected chi connectivity index (χ2v) is 5.57. The first-order valence-electron chi connectivity index (χ1n) is 6.59. The molecule has 0 unspecified atom stereocenters. The number of nitrogens with one attached hydrogen (secondary N) is 1. The second-order valence-electron chi connectivity index (χ2n) is 4.71. The minimum atomic E-state index is -0.229. The quantitative estimate of drug-likeness (QED) is 0.788. The summed E-state index contributed by atoms with van der Waals surface area (Å²) in [6.45, 7) is 1.39. The molecule has 0 aliphatic rings. The van der Waals surface area contributed by atoms with Gasteiger partial charge < -0.3 is 9.88 Å². The Hall–Kier alpha value is -2.05. The Kier molecular flexibility index (Phi) is 4.08. The Morgan fingerprint density at radius 3 is 2.76 bits per heavy atom. The molecule has 4 nitrogen and oxygen atoms in total. The van der Waals surface area contributed by atoms with Crippen LogP contribution in [0.5, 0.6) is 0 Å². The summed E-state index contributed by atoms with van der Waals surface area (Å²) >= 11 is 1.57.